The zero-order valence-electron chi connectivity index (χ0n) is 17.8. The van der Waals surface area contributed by atoms with Crippen LogP contribution in [0.2, 0.25) is 0 Å². The van der Waals surface area contributed by atoms with Crippen LogP contribution in [-0.2, 0) is 0 Å². The van der Waals surface area contributed by atoms with Crippen LogP contribution in [0.5, 0.6) is 17.2 Å². The highest BCUT2D eigenvalue weighted by Gasteiger charge is 2.30. The van der Waals surface area contributed by atoms with Crippen LogP contribution in [0.15, 0.2) is 73.1 Å². The van der Waals surface area contributed by atoms with Gasteiger partial charge in [0.2, 0.25) is 0 Å². The lowest BCUT2D eigenvalue weighted by Gasteiger charge is -2.22. The topological polar surface area (TPSA) is 89.5 Å². The van der Waals surface area contributed by atoms with E-state index in [9.17, 15) is 9.59 Å². The molecule has 0 bridgehead atoms. The van der Waals surface area contributed by atoms with E-state index in [2.05, 4.69) is 15.6 Å². The van der Waals surface area contributed by atoms with E-state index < -0.39 is 0 Å². The van der Waals surface area contributed by atoms with Crippen molar-refractivity contribution in [1.82, 2.24) is 15.6 Å². The molecule has 4 rings (SSSR count). The Morgan fingerprint density at radius 2 is 1.38 bits per heavy atom. The second-order valence-electron chi connectivity index (χ2n) is 7.60. The van der Waals surface area contributed by atoms with E-state index in [4.69, 9.17) is 9.47 Å². The number of pyridine rings is 1. The quantitative estimate of drug-likeness (QED) is 0.591. The van der Waals surface area contributed by atoms with Crippen molar-refractivity contribution in [2.75, 3.05) is 7.11 Å². The van der Waals surface area contributed by atoms with Crippen molar-refractivity contribution in [1.29, 1.82) is 0 Å². The van der Waals surface area contributed by atoms with Crippen LogP contribution in [0.1, 0.15) is 40.0 Å². The van der Waals surface area contributed by atoms with Gasteiger partial charge in [0.05, 0.1) is 7.11 Å². The van der Waals surface area contributed by atoms with Crippen molar-refractivity contribution in [2.24, 2.45) is 0 Å². The second-order valence-corrected chi connectivity index (χ2v) is 7.60. The minimum Gasteiger partial charge on any atom is -0.493 e. The first-order valence-corrected chi connectivity index (χ1v) is 10.6. The second kappa shape index (κ2) is 9.96. The van der Waals surface area contributed by atoms with Gasteiger partial charge in [0.15, 0.2) is 11.5 Å². The molecule has 1 aliphatic rings. The molecule has 1 unspecified atom stereocenters. The minimum absolute atomic E-state index is 0.104. The summed E-state index contributed by atoms with van der Waals surface area (Å²) in [5.74, 6) is 1.51. The smallest absolute Gasteiger partial charge is 0.251 e. The molecule has 7 heteroatoms. The Hall–Kier alpha value is -3.87. The van der Waals surface area contributed by atoms with Crippen LogP contribution >= 0.6 is 0 Å². The molecular weight excluding hydrogens is 406 g/mol. The van der Waals surface area contributed by atoms with Crippen molar-refractivity contribution in [3.8, 4) is 17.2 Å². The summed E-state index contributed by atoms with van der Waals surface area (Å²) in [4.78, 5) is 29.2. The molecule has 2 N–H and O–H groups in total. The summed E-state index contributed by atoms with van der Waals surface area (Å²) in [5.41, 5.74) is 1.09. The number of amides is 2. The van der Waals surface area contributed by atoms with Crippen molar-refractivity contribution < 1.29 is 19.1 Å². The van der Waals surface area contributed by atoms with E-state index in [1.807, 2.05) is 24.3 Å². The summed E-state index contributed by atoms with van der Waals surface area (Å²) in [6.45, 7) is 0. The van der Waals surface area contributed by atoms with Crippen LogP contribution in [0.3, 0.4) is 0 Å². The third kappa shape index (κ3) is 5.06. The first kappa shape index (κ1) is 21.4. The molecule has 1 saturated carbocycles. The molecular formula is C25H25N3O4. The third-order valence-corrected chi connectivity index (χ3v) is 5.50. The fourth-order valence-electron chi connectivity index (χ4n) is 3.82. The number of benzene rings is 2. The van der Waals surface area contributed by atoms with Gasteiger partial charge < -0.3 is 20.1 Å². The minimum atomic E-state index is -0.177. The maximum atomic E-state index is 12.8. The van der Waals surface area contributed by atoms with Gasteiger partial charge in [-0.3, -0.25) is 14.6 Å². The van der Waals surface area contributed by atoms with Gasteiger partial charge in [-0.15, -0.1) is 0 Å². The number of ether oxygens (including phenoxy) is 2. The summed E-state index contributed by atoms with van der Waals surface area (Å²) in [5, 5.41) is 6.10. The SMILES string of the molecule is COc1ccccc1Oc1ccc(C(=O)NC2CCC[C@H]2NC(=O)c2ccncc2)cc1. The molecule has 0 saturated heterocycles. The number of aromatic nitrogens is 1. The van der Waals surface area contributed by atoms with Gasteiger partial charge in [0.25, 0.3) is 11.8 Å². The number of methoxy groups -OCH3 is 1. The van der Waals surface area contributed by atoms with E-state index in [-0.39, 0.29) is 23.9 Å². The highest BCUT2D eigenvalue weighted by atomic mass is 16.5. The lowest BCUT2D eigenvalue weighted by atomic mass is 10.1. The molecule has 2 amide bonds. The monoisotopic (exact) mass is 431 g/mol. The van der Waals surface area contributed by atoms with Crippen LogP contribution in [0.25, 0.3) is 0 Å². The Kier molecular flexibility index (Phi) is 6.65. The zero-order valence-corrected chi connectivity index (χ0v) is 17.8. The number of hydrogen-bond donors (Lipinski definition) is 2. The predicted octanol–water partition coefficient (Wildman–Crippen LogP) is 3.96. The summed E-state index contributed by atoms with van der Waals surface area (Å²) in [6, 6.07) is 17.4. The Morgan fingerprint density at radius 3 is 1.97 bits per heavy atom. The Morgan fingerprint density at radius 1 is 0.812 bits per heavy atom. The fraction of sp³-hybridized carbons (Fsp3) is 0.240. The Bertz CT molecular complexity index is 1070. The van der Waals surface area contributed by atoms with Gasteiger partial charge >= 0.3 is 0 Å². The Labute approximate surface area is 186 Å². The lowest BCUT2D eigenvalue weighted by Crippen LogP contribution is -2.48. The van der Waals surface area contributed by atoms with Crippen molar-refractivity contribution in [3.05, 3.63) is 84.2 Å². The van der Waals surface area contributed by atoms with E-state index in [0.29, 0.717) is 28.4 Å². The summed E-state index contributed by atoms with van der Waals surface area (Å²) in [6.07, 6.45) is 5.77. The average molecular weight is 431 g/mol. The third-order valence-electron chi connectivity index (χ3n) is 5.50. The maximum Gasteiger partial charge on any atom is 0.251 e. The molecule has 164 valence electrons. The first-order valence-electron chi connectivity index (χ1n) is 10.6. The number of carbonyl (C=O) groups excluding carboxylic acids is 2. The zero-order chi connectivity index (χ0) is 22.3. The molecule has 2 aromatic carbocycles. The molecule has 0 aliphatic heterocycles. The molecule has 0 spiro atoms. The van der Waals surface area contributed by atoms with Crippen LogP contribution in [0.4, 0.5) is 0 Å². The van der Waals surface area contributed by atoms with Gasteiger partial charge in [-0.25, -0.2) is 0 Å². The molecule has 0 radical (unpaired) electrons. The van der Waals surface area contributed by atoms with E-state index in [1.165, 1.54) is 0 Å². The molecule has 2 atom stereocenters. The van der Waals surface area contributed by atoms with Gasteiger partial charge in [0, 0.05) is 35.6 Å². The molecule has 1 aliphatic carbocycles. The van der Waals surface area contributed by atoms with Gasteiger partial charge in [-0.05, 0) is 67.8 Å². The molecule has 1 aromatic heterocycles. The highest BCUT2D eigenvalue weighted by molar-refractivity contribution is 5.95. The Balaban J connectivity index is 1.36. The summed E-state index contributed by atoms with van der Waals surface area (Å²) >= 11 is 0. The average Bonchev–Trinajstić information content (AvgIpc) is 3.26. The van der Waals surface area contributed by atoms with Crippen molar-refractivity contribution in [2.45, 2.75) is 31.3 Å². The van der Waals surface area contributed by atoms with Gasteiger partial charge in [0.1, 0.15) is 5.75 Å². The van der Waals surface area contributed by atoms with Crippen LogP contribution in [-0.4, -0.2) is 36.0 Å². The molecule has 1 heterocycles. The molecule has 7 nitrogen and oxygen atoms in total. The maximum absolute atomic E-state index is 12.8. The molecule has 3 aromatic rings. The number of rotatable bonds is 7. The largest absolute Gasteiger partial charge is 0.493 e. The number of hydrogen-bond acceptors (Lipinski definition) is 5. The summed E-state index contributed by atoms with van der Waals surface area (Å²) in [7, 11) is 1.59. The van der Waals surface area contributed by atoms with Crippen LogP contribution < -0.4 is 20.1 Å². The van der Waals surface area contributed by atoms with Gasteiger partial charge in [-0.2, -0.15) is 0 Å². The first-order chi connectivity index (χ1) is 15.6. The summed E-state index contributed by atoms with van der Waals surface area (Å²) < 4.78 is 11.2. The number of para-hydroxylation sites is 2. The van der Waals surface area contributed by atoms with Gasteiger partial charge in [-0.1, -0.05) is 12.1 Å². The highest BCUT2D eigenvalue weighted by Crippen LogP contribution is 2.31. The normalized spacial score (nSPS) is 17.4. The fourth-order valence-corrected chi connectivity index (χ4v) is 3.82. The number of carbonyl (C=O) groups is 2. The standard InChI is InChI=1S/C25H25N3O4/c1-31-22-7-2-3-8-23(22)32-19-11-9-17(10-12-19)24(29)27-20-5-4-6-21(20)28-25(30)18-13-15-26-16-14-18/h2-3,7-16,20-21H,4-6H2,1H3,(H,27,29)(H,28,30)/t20?,21-/m1/s1. The van der Waals surface area contributed by atoms with E-state index in [0.717, 1.165) is 19.3 Å². The number of nitrogens with zero attached hydrogens (tertiary/aromatic N) is 1. The molecule has 1 fully saturated rings. The van der Waals surface area contributed by atoms with Crippen molar-refractivity contribution >= 4 is 11.8 Å². The van der Waals surface area contributed by atoms with Crippen molar-refractivity contribution in [3.63, 3.8) is 0 Å². The number of nitrogens with one attached hydrogen (secondary N) is 2. The molecule has 32 heavy (non-hydrogen) atoms. The lowest BCUT2D eigenvalue weighted by molar-refractivity contribution is 0.0892. The van der Waals surface area contributed by atoms with E-state index >= 15 is 0 Å². The van der Waals surface area contributed by atoms with Crippen LogP contribution in [0, 0.1) is 0 Å². The van der Waals surface area contributed by atoms with E-state index in [1.54, 1.807) is 55.9 Å². The predicted molar refractivity (Wildman–Crippen MR) is 120 cm³/mol.